The third-order valence-electron chi connectivity index (χ3n) is 2.85. The zero-order valence-electron chi connectivity index (χ0n) is 9.56. The van der Waals surface area contributed by atoms with Gasteiger partial charge in [0.1, 0.15) is 6.04 Å². The van der Waals surface area contributed by atoms with Crippen molar-refractivity contribution in [2.45, 2.75) is 33.2 Å². The molecule has 0 aromatic heterocycles. The second-order valence-corrected chi connectivity index (χ2v) is 4.01. The van der Waals surface area contributed by atoms with E-state index in [1.54, 1.807) is 6.92 Å². The van der Waals surface area contributed by atoms with E-state index < -0.39 is 23.8 Å². The van der Waals surface area contributed by atoms with Crippen molar-refractivity contribution < 1.29 is 19.5 Å². The van der Waals surface area contributed by atoms with E-state index in [1.807, 2.05) is 6.92 Å². The Morgan fingerprint density at radius 3 is 2.38 bits per heavy atom. The normalized spacial score (nSPS) is 19.7. The first-order valence-corrected chi connectivity index (χ1v) is 5.18. The van der Waals surface area contributed by atoms with Gasteiger partial charge < -0.3 is 5.11 Å². The number of rotatable bonds is 4. The van der Waals surface area contributed by atoms with Crippen LogP contribution in [0.1, 0.15) is 27.2 Å². The fourth-order valence-corrected chi connectivity index (χ4v) is 1.70. The van der Waals surface area contributed by atoms with Crippen LogP contribution < -0.4 is 0 Å². The molecule has 16 heavy (non-hydrogen) atoms. The summed E-state index contributed by atoms with van der Waals surface area (Å²) < 4.78 is 0. The molecule has 1 rings (SSSR count). The molecule has 5 nitrogen and oxygen atoms in total. The molecular formula is C11H15NO4. The van der Waals surface area contributed by atoms with Gasteiger partial charge in [-0.1, -0.05) is 20.3 Å². The van der Waals surface area contributed by atoms with E-state index in [0.29, 0.717) is 12.0 Å². The minimum atomic E-state index is -1.14. The second kappa shape index (κ2) is 4.47. The van der Waals surface area contributed by atoms with Gasteiger partial charge >= 0.3 is 5.97 Å². The van der Waals surface area contributed by atoms with Crippen LogP contribution in [0.4, 0.5) is 0 Å². The lowest BCUT2D eigenvalue weighted by molar-refractivity contribution is -0.155. The van der Waals surface area contributed by atoms with Gasteiger partial charge in [0.15, 0.2) is 0 Å². The summed E-state index contributed by atoms with van der Waals surface area (Å²) in [7, 11) is 0. The largest absolute Gasteiger partial charge is 0.480 e. The van der Waals surface area contributed by atoms with Crippen molar-refractivity contribution in [3.8, 4) is 0 Å². The van der Waals surface area contributed by atoms with Crippen LogP contribution in [-0.2, 0) is 14.4 Å². The molecule has 0 radical (unpaired) electrons. The van der Waals surface area contributed by atoms with E-state index in [0.717, 1.165) is 4.90 Å². The smallest absolute Gasteiger partial charge is 0.327 e. The molecule has 1 heterocycles. The van der Waals surface area contributed by atoms with Crippen LogP contribution >= 0.6 is 0 Å². The minimum absolute atomic E-state index is 0.260. The molecular weight excluding hydrogens is 210 g/mol. The number of imide groups is 1. The highest BCUT2D eigenvalue weighted by Crippen LogP contribution is 2.22. The summed E-state index contributed by atoms with van der Waals surface area (Å²) in [5.41, 5.74) is 0.291. The molecule has 0 aromatic rings. The molecule has 2 unspecified atom stereocenters. The maximum absolute atomic E-state index is 11.7. The Balaban J connectivity index is 3.02. The number of carbonyl (C=O) groups excluding carboxylic acids is 2. The molecule has 0 aromatic carbocycles. The molecule has 2 amide bonds. The predicted octanol–water partition coefficient (Wildman–Crippen LogP) is 0.801. The zero-order chi connectivity index (χ0) is 12.5. The number of aliphatic carboxylic acids is 1. The number of carbonyl (C=O) groups is 3. The third-order valence-corrected chi connectivity index (χ3v) is 2.85. The van der Waals surface area contributed by atoms with Crippen LogP contribution in [0.25, 0.3) is 0 Å². The lowest BCUT2D eigenvalue weighted by Gasteiger charge is -2.27. The van der Waals surface area contributed by atoms with Crippen molar-refractivity contribution in [3.05, 3.63) is 11.6 Å². The number of carboxylic acids is 1. The van der Waals surface area contributed by atoms with Crippen LogP contribution in [0.2, 0.25) is 0 Å². The van der Waals surface area contributed by atoms with Gasteiger partial charge in [-0.15, -0.1) is 0 Å². The average Bonchev–Trinajstić information content (AvgIpc) is 2.44. The Labute approximate surface area is 93.7 Å². The molecule has 1 N–H and O–H groups in total. The van der Waals surface area contributed by atoms with E-state index in [1.165, 1.54) is 13.0 Å². The van der Waals surface area contributed by atoms with E-state index in [2.05, 4.69) is 0 Å². The van der Waals surface area contributed by atoms with Crippen LogP contribution in [0.15, 0.2) is 11.6 Å². The van der Waals surface area contributed by atoms with Gasteiger partial charge in [-0.25, -0.2) is 4.79 Å². The summed E-state index contributed by atoms with van der Waals surface area (Å²) in [5, 5.41) is 9.09. The van der Waals surface area contributed by atoms with Crippen LogP contribution in [0.5, 0.6) is 0 Å². The molecule has 88 valence electrons. The highest BCUT2D eigenvalue weighted by atomic mass is 16.4. The number of amides is 2. The van der Waals surface area contributed by atoms with Gasteiger partial charge in [0.05, 0.1) is 0 Å². The number of nitrogens with zero attached hydrogens (tertiary/aromatic N) is 1. The first-order valence-electron chi connectivity index (χ1n) is 5.18. The van der Waals surface area contributed by atoms with Gasteiger partial charge in [-0.3, -0.25) is 14.5 Å². The maximum atomic E-state index is 11.7. The maximum Gasteiger partial charge on any atom is 0.327 e. The standard InChI is InChI=1S/C11H15NO4/c1-4-6(2)9(11(15)16)12-8(13)5-7(3)10(12)14/h5-6,9H,4H2,1-3H3,(H,15,16). The summed E-state index contributed by atoms with van der Waals surface area (Å²) >= 11 is 0. The highest BCUT2D eigenvalue weighted by Gasteiger charge is 2.40. The van der Waals surface area contributed by atoms with Gasteiger partial charge in [0, 0.05) is 11.6 Å². The lowest BCUT2D eigenvalue weighted by Crippen LogP contribution is -2.48. The van der Waals surface area contributed by atoms with E-state index in [4.69, 9.17) is 5.11 Å². The molecule has 1 aliphatic heterocycles. The topological polar surface area (TPSA) is 74.7 Å². The van der Waals surface area contributed by atoms with Crippen LogP contribution in [-0.4, -0.2) is 33.8 Å². The van der Waals surface area contributed by atoms with E-state index >= 15 is 0 Å². The van der Waals surface area contributed by atoms with Crippen molar-refractivity contribution in [1.82, 2.24) is 4.90 Å². The summed E-state index contributed by atoms with van der Waals surface area (Å²) in [6, 6.07) is -1.07. The monoisotopic (exact) mass is 225 g/mol. The number of hydrogen-bond acceptors (Lipinski definition) is 3. The fraction of sp³-hybridized carbons (Fsp3) is 0.545. The third kappa shape index (κ3) is 1.98. The molecule has 0 bridgehead atoms. The summed E-state index contributed by atoms with van der Waals surface area (Å²) in [6.07, 6.45) is 1.77. The van der Waals surface area contributed by atoms with Crippen molar-refractivity contribution >= 4 is 17.8 Å². The summed E-state index contributed by atoms with van der Waals surface area (Å²) in [4.78, 5) is 35.1. The Morgan fingerprint density at radius 1 is 1.50 bits per heavy atom. The molecule has 0 spiro atoms. The van der Waals surface area contributed by atoms with Gasteiger partial charge in [0.2, 0.25) is 0 Å². The van der Waals surface area contributed by atoms with Gasteiger partial charge in [0.25, 0.3) is 11.8 Å². The molecule has 0 saturated carbocycles. The van der Waals surface area contributed by atoms with Crippen LogP contribution in [0, 0.1) is 5.92 Å². The molecule has 2 atom stereocenters. The Kier molecular flexibility index (Phi) is 3.47. The zero-order valence-corrected chi connectivity index (χ0v) is 9.56. The van der Waals surface area contributed by atoms with Crippen molar-refractivity contribution in [2.75, 3.05) is 0 Å². The van der Waals surface area contributed by atoms with E-state index in [9.17, 15) is 14.4 Å². The molecule has 1 aliphatic rings. The predicted molar refractivity (Wildman–Crippen MR) is 56.5 cm³/mol. The SMILES string of the molecule is CCC(C)C(C(=O)O)N1C(=O)C=C(C)C1=O. The second-order valence-electron chi connectivity index (χ2n) is 4.01. The van der Waals surface area contributed by atoms with Gasteiger partial charge in [-0.05, 0) is 12.8 Å². The van der Waals surface area contributed by atoms with Crippen LogP contribution in [0.3, 0.4) is 0 Å². The van der Waals surface area contributed by atoms with Crippen molar-refractivity contribution in [1.29, 1.82) is 0 Å². The highest BCUT2D eigenvalue weighted by molar-refractivity contribution is 6.17. The van der Waals surface area contributed by atoms with Gasteiger partial charge in [-0.2, -0.15) is 0 Å². The Hall–Kier alpha value is -1.65. The minimum Gasteiger partial charge on any atom is -0.480 e. The molecule has 0 aliphatic carbocycles. The molecule has 5 heteroatoms. The van der Waals surface area contributed by atoms with Crippen molar-refractivity contribution in [3.63, 3.8) is 0 Å². The quantitative estimate of drug-likeness (QED) is 0.718. The fourth-order valence-electron chi connectivity index (χ4n) is 1.70. The van der Waals surface area contributed by atoms with Crippen molar-refractivity contribution in [2.24, 2.45) is 5.92 Å². The molecule has 0 fully saturated rings. The number of carboxylic acid groups (broad SMARTS) is 1. The summed E-state index contributed by atoms with van der Waals surface area (Å²) in [6.45, 7) is 5.05. The van der Waals surface area contributed by atoms with E-state index in [-0.39, 0.29) is 5.92 Å². The molecule has 0 saturated heterocycles. The number of hydrogen-bond donors (Lipinski definition) is 1. The first kappa shape index (κ1) is 12.4. The Bertz CT molecular complexity index is 372. The average molecular weight is 225 g/mol. The first-order chi connectivity index (χ1) is 7.40. The Morgan fingerprint density at radius 2 is 2.06 bits per heavy atom. The summed E-state index contributed by atoms with van der Waals surface area (Å²) in [5.74, 6) is -2.43. The lowest BCUT2D eigenvalue weighted by atomic mass is 9.98.